The first-order valence-electron chi connectivity index (χ1n) is 5.96. The first kappa shape index (κ1) is 15.7. The molecule has 0 aliphatic heterocycles. The van der Waals surface area contributed by atoms with Crippen molar-refractivity contribution in [3.63, 3.8) is 0 Å². The van der Waals surface area contributed by atoms with E-state index in [4.69, 9.17) is 16.1 Å². The van der Waals surface area contributed by atoms with Crippen LogP contribution in [0.4, 0.5) is 0 Å². The van der Waals surface area contributed by atoms with Crippen LogP contribution >= 0.6 is 0 Å². The number of benzene rings is 1. The van der Waals surface area contributed by atoms with Crippen LogP contribution in [0.1, 0.15) is 12.0 Å². The lowest BCUT2D eigenvalue weighted by molar-refractivity contribution is -0.170. The summed E-state index contributed by atoms with van der Waals surface area (Å²) in [5.41, 5.74) is 0.848. The molecule has 0 aliphatic carbocycles. The molecular formula is C14H16N2O4. The van der Waals surface area contributed by atoms with Crippen molar-refractivity contribution in [1.29, 1.82) is 0 Å². The summed E-state index contributed by atoms with van der Waals surface area (Å²) in [5, 5.41) is 0.924. The number of amides is 1. The largest absolute Gasteiger partial charge is 0.461 e. The molecule has 1 aromatic rings. The maximum Gasteiger partial charge on any atom is 0.329 e. The number of hydrogen-bond donors (Lipinski definition) is 0. The Morgan fingerprint density at radius 3 is 2.55 bits per heavy atom. The van der Waals surface area contributed by atoms with Crippen LogP contribution in [-0.4, -0.2) is 37.1 Å². The van der Waals surface area contributed by atoms with Crippen LogP contribution in [0.3, 0.4) is 0 Å². The molecule has 6 nitrogen and oxygen atoms in total. The summed E-state index contributed by atoms with van der Waals surface area (Å²) < 4.78 is 5.03. The van der Waals surface area contributed by atoms with Gasteiger partial charge in [0.1, 0.15) is 13.0 Å². The fourth-order valence-electron chi connectivity index (χ4n) is 1.44. The van der Waals surface area contributed by atoms with Crippen LogP contribution in [0.5, 0.6) is 0 Å². The highest BCUT2D eigenvalue weighted by Gasteiger charge is 2.30. The van der Waals surface area contributed by atoms with Crippen molar-refractivity contribution in [2.45, 2.75) is 19.1 Å². The predicted octanol–water partition coefficient (Wildman–Crippen LogP) is 1.43. The molecule has 0 aromatic heterocycles. The molecule has 1 atom stereocenters. The summed E-state index contributed by atoms with van der Waals surface area (Å²) >= 11 is 0. The van der Waals surface area contributed by atoms with Gasteiger partial charge in [-0.3, -0.25) is 14.4 Å². The molecule has 0 unspecified atom stereocenters. The van der Waals surface area contributed by atoms with E-state index in [1.165, 1.54) is 14.2 Å². The van der Waals surface area contributed by atoms with Crippen LogP contribution in [0.2, 0.25) is 0 Å². The maximum absolute atomic E-state index is 11.7. The first-order valence-corrected chi connectivity index (χ1v) is 5.96. The van der Waals surface area contributed by atoms with Crippen molar-refractivity contribution in [3.05, 3.63) is 47.3 Å². The molecule has 1 rings (SSSR count). The van der Waals surface area contributed by atoms with Crippen molar-refractivity contribution in [3.8, 4) is 0 Å². The van der Waals surface area contributed by atoms with Gasteiger partial charge in [-0.2, -0.15) is 0 Å². The monoisotopic (exact) mass is 276 g/mol. The van der Waals surface area contributed by atoms with Gasteiger partial charge in [0.25, 0.3) is 0 Å². The third-order valence-corrected chi connectivity index (χ3v) is 2.63. The van der Waals surface area contributed by atoms with Crippen LogP contribution in [-0.2, 0) is 25.8 Å². The zero-order chi connectivity index (χ0) is 15.0. The van der Waals surface area contributed by atoms with Crippen LogP contribution < -0.4 is 0 Å². The minimum absolute atomic E-state index is 0.124. The number of rotatable bonds is 6. The van der Waals surface area contributed by atoms with Crippen molar-refractivity contribution >= 4 is 11.9 Å². The lowest BCUT2D eigenvalue weighted by atomic mass is 10.2. The molecule has 0 fully saturated rings. The number of ether oxygens (including phenoxy) is 1. The Bertz CT molecular complexity index is 496. The van der Waals surface area contributed by atoms with Crippen molar-refractivity contribution < 1.29 is 19.2 Å². The van der Waals surface area contributed by atoms with Crippen LogP contribution in [0, 0.1) is 6.57 Å². The molecule has 6 heteroatoms. The third kappa shape index (κ3) is 4.71. The second-order valence-corrected chi connectivity index (χ2v) is 4.01. The molecule has 0 saturated carbocycles. The molecule has 0 aliphatic rings. The fraction of sp³-hybridized carbons (Fsp3) is 0.357. The van der Waals surface area contributed by atoms with Gasteiger partial charge >= 0.3 is 17.9 Å². The number of carbonyl (C=O) groups excluding carboxylic acids is 2. The summed E-state index contributed by atoms with van der Waals surface area (Å²) in [5.74, 6) is -1.16. The van der Waals surface area contributed by atoms with Gasteiger partial charge in [0.05, 0.1) is 7.11 Å². The Labute approximate surface area is 117 Å². The van der Waals surface area contributed by atoms with Crippen molar-refractivity contribution in [1.82, 2.24) is 5.06 Å². The quantitative estimate of drug-likeness (QED) is 0.448. The number of likely N-dealkylation sites (N-methyl/N-ethyl adjacent to an activating group) is 1. The van der Waals surface area contributed by atoms with E-state index in [-0.39, 0.29) is 13.0 Å². The molecule has 20 heavy (non-hydrogen) atoms. The van der Waals surface area contributed by atoms with E-state index in [2.05, 4.69) is 4.85 Å². The van der Waals surface area contributed by atoms with Gasteiger partial charge in [0.2, 0.25) is 0 Å². The van der Waals surface area contributed by atoms with E-state index in [1.807, 2.05) is 30.3 Å². The maximum atomic E-state index is 11.7. The highest BCUT2D eigenvalue weighted by Crippen LogP contribution is 2.07. The van der Waals surface area contributed by atoms with Crippen LogP contribution in [0.25, 0.3) is 4.85 Å². The Kier molecular flexibility index (Phi) is 6.20. The molecule has 1 aromatic carbocycles. The lowest BCUT2D eigenvalue weighted by Gasteiger charge is -2.14. The summed E-state index contributed by atoms with van der Waals surface area (Å²) in [6, 6.07) is 8.06. The van der Waals surface area contributed by atoms with Gasteiger partial charge in [-0.1, -0.05) is 30.3 Å². The fourth-order valence-corrected chi connectivity index (χ4v) is 1.44. The van der Waals surface area contributed by atoms with Gasteiger partial charge in [0, 0.05) is 7.05 Å². The molecule has 0 N–H and O–H groups in total. The number of hydroxylamine groups is 2. The van der Waals surface area contributed by atoms with Crippen LogP contribution in [0.15, 0.2) is 30.3 Å². The van der Waals surface area contributed by atoms with E-state index in [1.54, 1.807) is 0 Å². The first-order chi connectivity index (χ1) is 9.58. The average molecular weight is 276 g/mol. The lowest BCUT2D eigenvalue weighted by Crippen LogP contribution is -2.35. The van der Waals surface area contributed by atoms with Gasteiger partial charge < -0.3 is 9.58 Å². The molecule has 0 heterocycles. The smallest absolute Gasteiger partial charge is 0.329 e. The molecule has 0 bridgehead atoms. The van der Waals surface area contributed by atoms with Crippen molar-refractivity contribution in [2.75, 3.05) is 14.2 Å². The van der Waals surface area contributed by atoms with E-state index >= 15 is 0 Å². The summed E-state index contributed by atoms with van der Waals surface area (Å²) in [6.07, 6.45) is -0.289. The number of hydrogen-bond acceptors (Lipinski definition) is 4. The summed E-state index contributed by atoms with van der Waals surface area (Å²) in [7, 11) is 2.70. The third-order valence-electron chi connectivity index (χ3n) is 2.63. The highest BCUT2D eigenvalue weighted by atomic mass is 16.7. The van der Waals surface area contributed by atoms with E-state index in [9.17, 15) is 9.59 Å². The number of esters is 1. The number of nitrogens with zero attached hydrogens (tertiary/aromatic N) is 2. The molecular weight excluding hydrogens is 260 g/mol. The number of carbonyl (C=O) groups is 2. The van der Waals surface area contributed by atoms with E-state index < -0.39 is 17.9 Å². The molecule has 106 valence electrons. The molecule has 0 spiro atoms. The summed E-state index contributed by atoms with van der Waals surface area (Å²) in [4.78, 5) is 31.1. The predicted molar refractivity (Wildman–Crippen MR) is 71.0 cm³/mol. The van der Waals surface area contributed by atoms with Gasteiger partial charge in [-0.05, 0) is 5.56 Å². The second kappa shape index (κ2) is 7.92. The molecule has 1 amide bonds. The normalized spacial score (nSPS) is 11.2. The Hall–Kier alpha value is -2.39. The van der Waals surface area contributed by atoms with Gasteiger partial charge in [0.15, 0.2) is 0 Å². The standard InChI is InChI=1S/C14H16N2O4/c1-15-12(14(18)16(2)19-3)9-13(17)20-10-11-7-5-4-6-8-11/h4-8,12H,9-10H2,2-3H3/t12-/m0/s1. The van der Waals surface area contributed by atoms with E-state index in [0.29, 0.717) is 0 Å². The van der Waals surface area contributed by atoms with Gasteiger partial charge in [-0.15, -0.1) is 0 Å². The Balaban J connectivity index is 2.48. The molecule has 0 saturated heterocycles. The topological polar surface area (TPSA) is 60.2 Å². The zero-order valence-corrected chi connectivity index (χ0v) is 11.4. The van der Waals surface area contributed by atoms with Crippen molar-refractivity contribution in [2.24, 2.45) is 0 Å². The average Bonchev–Trinajstić information content (AvgIpc) is 2.50. The van der Waals surface area contributed by atoms with Gasteiger partial charge in [-0.25, -0.2) is 11.6 Å². The zero-order valence-electron chi connectivity index (χ0n) is 11.4. The minimum Gasteiger partial charge on any atom is -0.461 e. The Morgan fingerprint density at radius 1 is 1.35 bits per heavy atom. The highest BCUT2D eigenvalue weighted by molar-refractivity contribution is 5.87. The Morgan fingerprint density at radius 2 is 2.00 bits per heavy atom. The SMILES string of the molecule is [C-]#[N+][C@@H](CC(=O)OCc1ccccc1)C(=O)N(C)OC. The second-order valence-electron chi connectivity index (χ2n) is 4.01. The molecule has 0 radical (unpaired) electrons. The van der Waals surface area contributed by atoms with E-state index in [0.717, 1.165) is 10.6 Å². The summed E-state index contributed by atoms with van der Waals surface area (Å²) in [6.45, 7) is 7.09. The minimum atomic E-state index is -1.12.